The van der Waals surface area contributed by atoms with Crippen molar-refractivity contribution < 1.29 is 23.0 Å². The van der Waals surface area contributed by atoms with E-state index in [4.69, 9.17) is 4.74 Å². The first kappa shape index (κ1) is 16.6. The summed E-state index contributed by atoms with van der Waals surface area (Å²) in [7, 11) is 0. The number of phenolic OH excluding ortho intramolecular Hbond substituents is 1. The van der Waals surface area contributed by atoms with Crippen LogP contribution in [0.2, 0.25) is 0 Å². The van der Waals surface area contributed by atoms with Crippen LogP contribution in [-0.4, -0.2) is 24.4 Å². The highest BCUT2D eigenvalue weighted by Crippen LogP contribution is 2.26. The van der Waals surface area contributed by atoms with Gasteiger partial charge in [-0.3, -0.25) is 0 Å². The van der Waals surface area contributed by atoms with E-state index in [0.717, 1.165) is 5.56 Å². The van der Waals surface area contributed by atoms with E-state index in [1.165, 1.54) is 0 Å². The number of rotatable bonds is 8. The summed E-state index contributed by atoms with van der Waals surface area (Å²) in [5.41, 5.74) is 0.919. The maximum atomic E-state index is 11.9. The zero-order valence-electron chi connectivity index (χ0n) is 11.5. The summed E-state index contributed by atoms with van der Waals surface area (Å²) in [5, 5.41) is 12.6. The highest BCUT2D eigenvalue weighted by Gasteiger charge is 2.25. The van der Waals surface area contributed by atoms with Crippen molar-refractivity contribution in [2.45, 2.75) is 38.9 Å². The molecule has 0 unspecified atom stereocenters. The second-order valence-corrected chi connectivity index (χ2v) is 4.48. The number of nitrogens with one attached hydrogen (secondary N) is 1. The predicted octanol–water partition coefficient (Wildman–Crippen LogP) is 3.61. The van der Waals surface area contributed by atoms with Crippen molar-refractivity contribution in [3.63, 3.8) is 0 Å². The summed E-state index contributed by atoms with van der Waals surface area (Å²) >= 11 is 0. The molecule has 0 aliphatic rings. The lowest BCUT2D eigenvalue weighted by Crippen LogP contribution is -2.16. The van der Waals surface area contributed by atoms with Gasteiger partial charge < -0.3 is 15.2 Å². The van der Waals surface area contributed by atoms with Crippen LogP contribution in [0.1, 0.15) is 31.7 Å². The summed E-state index contributed by atoms with van der Waals surface area (Å²) in [5.74, 6) is 0.504. The molecule has 0 bridgehead atoms. The van der Waals surface area contributed by atoms with E-state index in [-0.39, 0.29) is 12.2 Å². The average Bonchev–Trinajstić information content (AvgIpc) is 2.36. The highest BCUT2D eigenvalue weighted by molar-refractivity contribution is 5.41. The first-order valence-electron chi connectivity index (χ1n) is 6.64. The lowest BCUT2D eigenvalue weighted by molar-refractivity contribution is -0.135. The number of hydrogen-bond donors (Lipinski definition) is 2. The topological polar surface area (TPSA) is 41.5 Å². The van der Waals surface area contributed by atoms with E-state index in [9.17, 15) is 18.3 Å². The number of ether oxygens (including phenoxy) is 1. The van der Waals surface area contributed by atoms with Gasteiger partial charge in [0.2, 0.25) is 0 Å². The number of unbranched alkanes of at least 4 members (excludes halogenated alkanes) is 1. The highest BCUT2D eigenvalue weighted by atomic mass is 19.4. The van der Waals surface area contributed by atoms with E-state index in [2.05, 4.69) is 5.32 Å². The smallest absolute Gasteiger partial charge is 0.389 e. The van der Waals surface area contributed by atoms with Crippen LogP contribution in [0.15, 0.2) is 18.2 Å². The molecule has 0 aliphatic heterocycles. The Bertz CT molecular complexity index is 408. The van der Waals surface area contributed by atoms with Crippen LogP contribution < -0.4 is 10.1 Å². The van der Waals surface area contributed by atoms with Crippen molar-refractivity contribution in [3.8, 4) is 11.5 Å². The summed E-state index contributed by atoms with van der Waals surface area (Å²) in [6, 6.07) is 5.02. The Labute approximate surface area is 116 Å². The van der Waals surface area contributed by atoms with Gasteiger partial charge in [0, 0.05) is 13.0 Å². The molecule has 1 aromatic rings. The third-order valence-corrected chi connectivity index (χ3v) is 2.72. The van der Waals surface area contributed by atoms with Crippen LogP contribution in [0.5, 0.6) is 11.5 Å². The van der Waals surface area contributed by atoms with Gasteiger partial charge in [-0.2, -0.15) is 13.2 Å². The summed E-state index contributed by atoms with van der Waals surface area (Å²) in [6.07, 6.45) is -4.18. The molecule has 0 saturated heterocycles. The van der Waals surface area contributed by atoms with Crippen LogP contribution in [0.3, 0.4) is 0 Å². The van der Waals surface area contributed by atoms with E-state index in [0.29, 0.717) is 31.9 Å². The number of phenols is 1. The van der Waals surface area contributed by atoms with Gasteiger partial charge in [-0.25, -0.2) is 0 Å². The third-order valence-electron chi connectivity index (χ3n) is 2.72. The average molecular weight is 291 g/mol. The van der Waals surface area contributed by atoms with Gasteiger partial charge in [0.1, 0.15) is 0 Å². The molecule has 0 heterocycles. The molecule has 114 valence electrons. The molecular formula is C14H20F3NO2. The molecule has 0 aliphatic carbocycles. The molecular weight excluding hydrogens is 271 g/mol. The van der Waals surface area contributed by atoms with Crippen LogP contribution in [0.4, 0.5) is 13.2 Å². The Morgan fingerprint density at radius 3 is 2.65 bits per heavy atom. The van der Waals surface area contributed by atoms with Crippen LogP contribution >= 0.6 is 0 Å². The van der Waals surface area contributed by atoms with E-state index in [1.807, 2.05) is 6.92 Å². The van der Waals surface area contributed by atoms with Gasteiger partial charge in [-0.1, -0.05) is 6.07 Å². The third kappa shape index (κ3) is 6.65. The summed E-state index contributed by atoms with van der Waals surface area (Å²) in [6.45, 7) is 3.35. The van der Waals surface area contributed by atoms with E-state index in [1.54, 1.807) is 18.2 Å². The summed E-state index contributed by atoms with van der Waals surface area (Å²) in [4.78, 5) is 0. The number of alkyl halides is 3. The maximum Gasteiger partial charge on any atom is 0.389 e. The molecule has 0 saturated carbocycles. The van der Waals surface area contributed by atoms with Gasteiger partial charge in [-0.15, -0.1) is 0 Å². The van der Waals surface area contributed by atoms with Crippen molar-refractivity contribution in [2.75, 3.05) is 13.2 Å². The SMILES string of the molecule is CCOc1cc(CNCCCCC(F)(F)F)ccc1O. The molecule has 6 heteroatoms. The molecule has 2 N–H and O–H groups in total. The van der Waals surface area contributed by atoms with Crippen molar-refractivity contribution in [1.29, 1.82) is 0 Å². The van der Waals surface area contributed by atoms with Crippen molar-refractivity contribution in [1.82, 2.24) is 5.32 Å². The first-order valence-corrected chi connectivity index (χ1v) is 6.64. The standard InChI is InChI=1S/C14H20F3NO2/c1-2-20-13-9-11(5-6-12(13)19)10-18-8-4-3-7-14(15,16)17/h5-6,9,18-19H,2-4,7-8,10H2,1H3. The zero-order chi connectivity index (χ0) is 15.0. The molecule has 1 rings (SSSR count). The molecule has 0 aromatic heterocycles. The first-order chi connectivity index (χ1) is 9.42. The molecule has 0 spiro atoms. The number of aromatic hydroxyl groups is 1. The zero-order valence-corrected chi connectivity index (χ0v) is 11.5. The fourth-order valence-electron chi connectivity index (χ4n) is 1.75. The second kappa shape index (κ2) is 7.99. The van der Waals surface area contributed by atoms with E-state index < -0.39 is 12.6 Å². The van der Waals surface area contributed by atoms with Gasteiger partial charge in [0.05, 0.1) is 6.61 Å². The quantitative estimate of drug-likeness (QED) is 0.719. The molecule has 0 radical (unpaired) electrons. The van der Waals surface area contributed by atoms with Crippen LogP contribution in [-0.2, 0) is 6.54 Å². The van der Waals surface area contributed by atoms with Crippen molar-refractivity contribution >= 4 is 0 Å². The maximum absolute atomic E-state index is 11.9. The Hall–Kier alpha value is -1.43. The Morgan fingerprint density at radius 1 is 1.25 bits per heavy atom. The molecule has 1 aromatic carbocycles. The fourth-order valence-corrected chi connectivity index (χ4v) is 1.75. The largest absolute Gasteiger partial charge is 0.504 e. The lowest BCUT2D eigenvalue weighted by atomic mass is 10.2. The predicted molar refractivity (Wildman–Crippen MR) is 70.9 cm³/mol. The van der Waals surface area contributed by atoms with Gasteiger partial charge in [-0.05, 0) is 44.0 Å². The van der Waals surface area contributed by atoms with Crippen LogP contribution in [0.25, 0.3) is 0 Å². The molecule has 3 nitrogen and oxygen atoms in total. The Kier molecular flexibility index (Phi) is 6.64. The second-order valence-electron chi connectivity index (χ2n) is 4.48. The Balaban J connectivity index is 2.27. The summed E-state index contributed by atoms with van der Waals surface area (Å²) < 4.78 is 41.0. The van der Waals surface area contributed by atoms with Gasteiger partial charge >= 0.3 is 6.18 Å². The minimum Gasteiger partial charge on any atom is -0.504 e. The minimum absolute atomic E-state index is 0.0841. The van der Waals surface area contributed by atoms with Gasteiger partial charge in [0.15, 0.2) is 11.5 Å². The fraction of sp³-hybridized carbons (Fsp3) is 0.571. The number of benzene rings is 1. The van der Waals surface area contributed by atoms with Crippen molar-refractivity contribution in [2.24, 2.45) is 0 Å². The number of halogens is 3. The van der Waals surface area contributed by atoms with Crippen LogP contribution in [0, 0.1) is 0 Å². The molecule has 0 amide bonds. The van der Waals surface area contributed by atoms with E-state index >= 15 is 0 Å². The normalized spacial score (nSPS) is 11.6. The number of hydrogen-bond acceptors (Lipinski definition) is 3. The van der Waals surface area contributed by atoms with Crippen molar-refractivity contribution in [3.05, 3.63) is 23.8 Å². The minimum atomic E-state index is -4.07. The molecule has 0 atom stereocenters. The lowest BCUT2D eigenvalue weighted by Gasteiger charge is -2.10. The molecule has 0 fully saturated rings. The molecule has 20 heavy (non-hydrogen) atoms. The van der Waals surface area contributed by atoms with Gasteiger partial charge in [0.25, 0.3) is 0 Å². The monoisotopic (exact) mass is 291 g/mol. The Morgan fingerprint density at radius 2 is 2.00 bits per heavy atom.